The number of hydrogen-bond donors (Lipinski definition) is 1. The molecule has 3 rings (SSSR count). The highest BCUT2D eigenvalue weighted by molar-refractivity contribution is 7.98. The number of nitrogens with one attached hydrogen (secondary N) is 1. The molecule has 2 atom stereocenters. The van der Waals surface area contributed by atoms with Crippen molar-refractivity contribution in [1.29, 1.82) is 0 Å². The zero-order valence-corrected chi connectivity index (χ0v) is 18.9. The van der Waals surface area contributed by atoms with Crippen molar-refractivity contribution in [3.8, 4) is 5.75 Å². The van der Waals surface area contributed by atoms with Gasteiger partial charge < -0.3 is 15.0 Å². The Hall–Kier alpha value is -2.19. The number of benzene rings is 2. The monoisotopic (exact) mass is 452 g/mol. The van der Waals surface area contributed by atoms with Crippen LogP contribution in [0.2, 0.25) is 0 Å². The van der Waals surface area contributed by atoms with Gasteiger partial charge in [0.1, 0.15) is 5.75 Å². The number of likely N-dealkylation sites (tertiary alicyclic amines) is 1. The van der Waals surface area contributed by atoms with Crippen molar-refractivity contribution in [2.45, 2.75) is 42.4 Å². The summed E-state index contributed by atoms with van der Waals surface area (Å²) in [7, 11) is 3.29. The molecule has 2 aromatic carbocycles. The Morgan fingerprint density at radius 2 is 1.94 bits per heavy atom. The van der Waals surface area contributed by atoms with Crippen molar-refractivity contribution in [1.82, 2.24) is 10.2 Å². The van der Waals surface area contributed by atoms with Crippen molar-refractivity contribution < 1.29 is 22.7 Å². The highest BCUT2D eigenvalue weighted by Crippen LogP contribution is 2.39. The summed E-state index contributed by atoms with van der Waals surface area (Å²) in [6.45, 7) is 2.74. The number of carbonyl (C=O) groups excluding carboxylic acids is 1. The van der Waals surface area contributed by atoms with Gasteiger partial charge in [0.15, 0.2) is 0 Å². The van der Waals surface area contributed by atoms with Gasteiger partial charge in [0, 0.05) is 17.5 Å². The lowest BCUT2D eigenvalue weighted by Gasteiger charge is -2.45. The van der Waals surface area contributed by atoms with E-state index in [4.69, 9.17) is 4.74 Å². The highest BCUT2D eigenvalue weighted by atomic mass is 32.2. The predicted molar refractivity (Wildman–Crippen MR) is 117 cm³/mol. The first kappa shape index (κ1) is 23.5. The second kappa shape index (κ2) is 9.12. The summed E-state index contributed by atoms with van der Waals surface area (Å²) < 4.78 is 45.2. The van der Waals surface area contributed by atoms with Gasteiger partial charge in [-0.05, 0) is 50.8 Å². The fraction of sp³-hybridized carbons (Fsp3) is 0.435. The predicted octanol–water partition coefficient (Wildman–Crippen LogP) is 5.18. The number of carbonyl (C=O) groups is 1. The van der Waals surface area contributed by atoms with Gasteiger partial charge in [-0.3, -0.25) is 4.79 Å². The Labute approximate surface area is 185 Å². The number of likely N-dealkylation sites (N-methyl/N-ethyl adjacent to an activating group) is 1. The molecule has 0 aromatic heterocycles. The van der Waals surface area contributed by atoms with E-state index in [0.29, 0.717) is 12.6 Å². The van der Waals surface area contributed by atoms with E-state index in [9.17, 15) is 18.0 Å². The normalized spacial score (nSPS) is 22.2. The maximum absolute atomic E-state index is 13.5. The lowest BCUT2D eigenvalue weighted by atomic mass is 9.80. The number of ether oxygens (including phenoxy) is 1. The van der Waals surface area contributed by atoms with E-state index < -0.39 is 23.2 Å². The standard InChI is InChI=1S/C23H27F3N2O2S/c1-15-10-11-22(14-28(15)2,16-8-6-5-7-9-16)27-21(29)20-18(30-3)12-17(23(24,25)26)13-19(20)31-4/h5-9,12-13,15H,10-11,14H2,1-4H3,(H,27,29)/t15-,22-/m1/s1. The molecular formula is C23H27F3N2O2S. The number of nitrogens with zero attached hydrogens (tertiary/aromatic N) is 1. The number of piperidine rings is 1. The van der Waals surface area contributed by atoms with E-state index in [0.717, 1.165) is 42.3 Å². The molecule has 0 spiro atoms. The topological polar surface area (TPSA) is 41.6 Å². The minimum absolute atomic E-state index is 0.0857. The van der Waals surface area contributed by atoms with Gasteiger partial charge in [0.25, 0.3) is 5.91 Å². The van der Waals surface area contributed by atoms with Gasteiger partial charge in [-0.25, -0.2) is 0 Å². The van der Waals surface area contributed by atoms with E-state index in [1.165, 1.54) is 7.11 Å². The third-order valence-corrected chi connectivity index (χ3v) is 6.76. The van der Waals surface area contributed by atoms with Crippen molar-refractivity contribution in [3.05, 3.63) is 59.2 Å². The molecule has 1 fully saturated rings. The second-order valence-corrected chi connectivity index (χ2v) is 8.81. The summed E-state index contributed by atoms with van der Waals surface area (Å²) in [4.78, 5) is 15.9. The summed E-state index contributed by atoms with van der Waals surface area (Å²) in [6.07, 6.45) is -1.27. The van der Waals surface area contributed by atoms with Crippen LogP contribution in [0.3, 0.4) is 0 Å². The van der Waals surface area contributed by atoms with Crippen LogP contribution in [0.1, 0.15) is 41.3 Å². The summed E-state index contributed by atoms with van der Waals surface area (Å²) in [6, 6.07) is 12.0. The van der Waals surface area contributed by atoms with Crippen LogP contribution in [0.15, 0.2) is 47.4 Å². The molecule has 1 saturated heterocycles. The fourth-order valence-corrected chi connectivity index (χ4v) is 4.72. The molecule has 1 amide bonds. The fourth-order valence-electron chi connectivity index (χ4n) is 4.08. The molecule has 0 unspecified atom stereocenters. The van der Waals surface area contributed by atoms with Crippen LogP contribution in [0.4, 0.5) is 13.2 Å². The molecule has 2 aromatic rings. The zero-order valence-electron chi connectivity index (χ0n) is 18.0. The van der Waals surface area contributed by atoms with Gasteiger partial charge in [0.05, 0.1) is 23.8 Å². The van der Waals surface area contributed by atoms with Crippen LogP contribution in [0, 0.1) is 0 Å². The van der Waals surface area contributed by atoms with Crippen LogP contribution in [-0.2, 0) is 11.7 Å². The minimum Gasteiger partial charge on any atom is -0.496 e. The van der Waals surface area contributed by atoms with Crippen LogP contribution < -0.4 is 10.1 Å². The largest absolute Gasteiger partial charge is 0.496 e. The molecule has 168 valence electrons. The molecule has 0 radical (unpaired) electrons. The summed E-state index contributed by atoms with van der Waals surface area (Å²) >= 11 is 1.09. The SMILES string of the molecule is COc1cc(C(F)(F)F)cc(SC)c1C(=O)N[C@]1(c2ccccc2)CC[C@@H](C)N(C)C1. The van der Waals surface area contributed by atoms with Crippen molar-refractivity contribution >= 4 is 17.7 Å². The molecule has 1 N–H and O–H groups in total. The number of alkyl halides is 3. The third-order valence-electron chi connectivity index (χ3n) is 6.00. The van der Waals surface area contributed by atoms with E-state index in [1.54, 1.807) is 6.26 Å². The van der Waals surface area contributed by atoms with Gasteiger partial charge >= 0.3 is 6.18 Å². The van der Waals surface area contributed by atoms with Gasteiger partial charge in [-0.15, -0.1) is 11.8 Å². The quantitative estimate of drug-likeness (QED) is 0.635. The average Bonchev–Trinajstić information content (AvgIpc) is 2.75. The number of thioether (sulfide) groups is 1. The van der Waals surface area contributed by atoms with Gasteiger partial charge in [-0.1, -0.05) is 30.3 Å². The second-order valence-electron chi connectivity index (χ2n) is 7.96. The Bertz CT molecular complexity index is 911. The molecule has 4 nitrogen and oxygen atoms in total. The number of rotatable bonds is 5. The minimum atomic E-state index is -4.53. The first-order valence-electron chi connectivity index (χ1n) is 10.0. The molecule has 1 aliphatic rings. The van der Waals surface area contributed by atoms with E-state index in [2.05, 4.69) is 17.1 Å². The first-order valence-corrected chi connectivity index (χ1v) is 11.3. The number of amides is 1. The molecular weight excluding hydrogens is 425 g/mol. The van der Waals surface area contributed by atoms with E-state index >= 15 is 0 Å². The van der Waals surface area contributed by atoms with Crippen LogP contribution in [0.25, 0.3) is 0 Å². The van der Waals surface area contributed by atoms with Crippen LogP contribution in [0.5, 0.6) is 5.75 Å². The summed E-state index contributed by atoms with van der Waals surface area (Å²) in [5, 5.41) is 3.17. The summed E-state index contributed by atoms with van der Waals surface area (Å²) in [5.74, 6) is -0.529. The van der Waals surface area contributed by atoms with Gasteiger partial charge in [0.2, 0.25) is 0 Å². The average molecular weight is 453 g/mol. The first-order chi connectivity index (χ1) is 14.6. The van der Waals surface area contributed by atoms with Crippen molar-refractivity contribution in [2.24, 2.45) is 0 Å². The zero-order chi connectivity index (χ0) is 22.8. The van der Waals surface area contributed by atoms with Crippen LogP contribution >= 0.6 is 11.8 Å². The maximum Gasteiger partial charge on any atom is 0.416 e. The van der Waals surface area contributed by atoms with Gasteiger partial charge in [-0.2, -0.15) is 13.2 Å². The van der Waals surface area contributed by atoms with E-state index in [-0.39, 0.29) is 16.2 Å². The molecule has 0 bridgehead atoms. The molecule has 0 saturated carbocycles. The third kappa shape index (κ3) is 4.85. The lowest BCUT2D eigenvalue weighted by molar-refractivity contribution is -0.137. The molecule has 31 heavy (non-hydrogen) atoms. The lowest BCUT2D eigenvalue weighted by Crippen LogP contribution is -2.57. The smallest absolute Gasteiger partial charge is 0.416 e. The Balaban J connectivity index is 2.05. The molecule has 0 aliphatic carbocycles. The Kier molecular flexibility index (Phi) is 6.91. The number of hydrogen-bond acceptors (Lipinski definition) is 4. The van der Waals surface area contributed by atoms with Crippen molar-refractivity contribution in [3.63, 3.8) is 0 Å². The summed E-state index contributed by atoms with van der Waals surface area (Å²) in [5.41, 5.74) is -0.393. The Morgan fingerprint density at radius 3 is 2.48 bits per heavy atom. The number of methoxy groups -OCH3 is 1. The van der Waals surface area contributed by atoms with Crippen LogP contribution in [-0.4, -0.2) is 43.8 Å². The molecule has 1 heterocycles. The van der Waals surface area contributed by atoms with Crippen molar-refractivity contribution in [2.75, 3.05) is 27.0 Å². The Morgan fingerprint density at radius 1 is 1.26 bits per heavy atom. The maximum atomic E-state index is 13.5. The van der Waals surface area contributed by atoms with E-state index in [1.807, 2.05) is 37.4 Å². The molecule has 1 aliphatic heterocycles. The molecule has 8 heteroatoms. The number of halogens is 3. The highest BCUT2D eigenvalue weighted by Gasteiger charge is 2.41.